The van der Waals surface area contributed by atoms with Crippen LogP contribution in [0.5, 0.6) is 11.5 Å². The molecule has 6 heteroatoms. The molecule has 6 nitrogen and oxygen atoms in total. The van der Waals surface area contributed by atoms with Gasteiger partial charge in [0, 0.05) is 5.69 Å². The molecule has 0 saturated carbocycles. The van der Waals surface area contributed by atoms with Crippen LogP contribution in [0.1, 0.15) is 10.4 Å². The van der Waals surface area contributed by atoms with Gasteiger partial charge in [0.05, 0.1) is 5.97 Å². The average Bonchev–Trinajstić information content (AvgIpc) is 2.55. The number of hydrogen-bond acceptors (Lipinski definition) is 5. The van der Waals surface area contributed by atoms with Gasteiger partial charge in [0.15, 0.2) is 11.5 Å². The van der Waals surface area contributed by atoms with Gasteiger partial charge in [-0.1, -0.05) is 24.3 Å². The van der Waals surface area contributed by atoms with Gasteiger partial charge >= 0.3 is 0 Å². The van der Waals surface area contributed by atoms with Gasteiger partial charge in [0.1, 0.15) is 6.61 Å². The number of carboxylic acids is 1. The molecule has 0 aromatic heterocycles. The van der Waals surface area contributed by atoms with Crippen LogP contribution in [0.3, 0.4) is 0 Å². The molecule has 3 rings (SSSR count). The number of nitrogens with one attached hydrogen (secondary N) is 1. The summed E-state index contributed by atoms with van der Waals surface area (Å²) in [5, 5.41) is 13.3. The van der Waals surface area contributed by atoms with Gasteiger partial charge in [0.25, 0.3) is 5.91 Å². The Morgan fingerprint density at radius 1 is 1.05 bits per heavy atom. The number of amides is 1. The summed E-state index contributed by atoms with van der Waals surface area (Å²) in [5.74, 6) is -0.514. The zero-order valence-electron chi connectivity index (χ0n) is 11.4. The Morgan fingerprint density at radius 2 is 1.73 bits per heavy atom. The van der Waals surface area contributed by atoms with Gasteiger partial charge in [-0.2, -0.15) is 0 Å². The lowest BCUT2D eigenvalue weighted by Gasteiger charge is -2.25. The summed E-state index contributed by atoms with van der Waals surface area (Å²) in [6.07, 6.45) is -0.768. The largest absolute Gasteiger partial charge is 0.545 e. The fraction of sp³-hybridized carbons (Fsp3) is 0.125. The minimum absolute atomic E-state index is 0.0455. The lowest BCUT2D eigenvalue weighted by molar-refractivity contribution is -0.255. The van der Waals surface area contributed by atoms with Crippen molar-refractivity contribution >= 4 is 17.6 Å². The van der Waals surface area contributed by atoms with E-state index in [9.17, 15) is 14.7 Å². The van der Waals surface area contributed by atoms with Crippen LogP contribution in [0, 0.1) is 0 Å². The number of benzene rings is 2. The first kappa shape index (κ1) is 13.9. The van der Waals surface area contributed by atoms with Crippen LogP contribution in [0.25, 0.3) is 0 Å². The topological polar surface area (TPSA) is 87.7 Å². The first-order valence-corrected chi connectivity index (χ1v) is 6.64. The molecule has 0 fully saturated rings. The first-order chi connectivity index (χ1) is 10.6. The van der Waals surface area contributed by atoms with Crippen molar-refractivity contribution in [2.75, 3.05) is 11.9 Å². The number of anilines is 1. The molecule has 1 N–H and O–H groups in total. The van der Waals surface area contributed by atoms with Crippen molar-refractivity contribution in [3.63, 3.8) is 0 Å². The molecule has 2 aromatic rings. The van der Waals surface area contributed by atoms with Gasteiger partial charge in [-0.3, -0.25) is 4.79 Å². The molecule has 1 amide bonds. The number of rotatable bonds is 3. The van der Waals surface area contributed by atoms with Gasteiger partial charge in [-0.15, -0.1) is 0 Å². The van der Waals surface area contributed by atoms with E-state index >= 15 is 0 Å². The number of carbonyl (C=O) groups excluding carboxylic acids is 2. The first-order valence-electron chi connectivity index (χ1n) is 6.64. The Kier molecular flexibility index (Phi) is 3.65. The molecule has 0 spiro atoms. The third kappa shape index (κ3) is 2.85. The van der Waals surface area contributed by atoms with E-state index in [0.29, 0.717) is 17.2 Å². The highest BCUT2D eigenvalue weighted by molar-refractivity contribution is 5.95. The third-order valence-corrected chi connectivity index (χ3v) is 3.19. The van der Waals surface area contributed by atoms with E-state index in [1.165, 1.54) is 24.3 Å². The summed E-state index contributed by atoms with van der Waals surface area (Å²) >= 11 is 0. The van der Waals surface area contributed by atoms with E-state index in [-0.39, 0.29) is 18.1 Å². The molecular weight excluding hydrogens is 286 g/mol. The van der Waals surface area contributed by atoms with Crippen LogP contribution in [-0.4, -0.2) is 24.6 Å². The van der Waals surface area contributed by atoms with Crippen LogP contribution in [0.15, 0.2) is 48.5 Å². The zero-order valence-corrected chi connectivity index (χ0v) is 11.4. The monoisotopic (exact) mass is 298 g/mol. The van der Waals surface area contributed by atoms with Gasteiger partial charge in [0.2, 0.25) is 6.10 Å². The van der Waals surface area contributed by atoms with E-state index in [1.807, 2.05) is 6.07 Å². The molecule has 1 atom stereocenters. The highest BCUT2D eigenvalue weighted by Gasteiger charge is 2.27. The summed E-state index contributed by atoms with van der Waals surface area (Å²) in [4.78, 5) is 22.8. The fourth-order valence-electron chi connectivity index (χ4n) is 2.06. The van der Waals surface area contributed by atoms with Crippen LogP contribution >= 0.6 is 0 Å². The quantitative estimate of drug-likeness (QED) is 0.906. The van der Waals surface area contributed by atoms with Crippen molar-refractivity contribution in [2.24, 2.45) is 0 Å². The summed E-state index contributed by atoms with van der Waals surface area (Å²) in [5.41, 5.74) is 0.515. The summed E-state index contributed by atoms with van der Waals surface area (Å²) in [7, 11) is 0. The highest BCUT2D eigenvalue weighted by Crippen LogP contribution is 2.31. The Hall–Kier alpha value is -3.02. The van der Waals surface area contributed by atoms with Crippen molar-refractivity contribution in [3.8, 4) is 11.5 Å². The molecule has 0 saturated heterocycles. The molecule has 22 heavy (non-hydrogen) atoms. The van der Waals surface area contributed by atoms with E-state index in [2.05, 4.69) is 5.32 Å². The zero-order chi connectivity index (χ0) is 15.5. The van der Waals surface area contributed by atoms with Crippen LogP contribution in [0.2, 0.25) is 0 Å². The lowest BCUT2D eigenvalue weighted by atomic mass is 10.2. The Labute approximate surface area is 126 Å². The molecule has 0 radical (unpaired) electrons. The Balaban J connectivity index is 1.66. The van der Waals surface area contributed by atoms with Crippen molar-refractivity contribution in [3.05, 3.63) is 54.1 Å². The number of hydrogen-bond donors (Lipinski definition) is 1. The maximum absolute atomic E-state index is 12.2. The second kappa shape index (κ2) is 5.77. The number of ether oxygens (including phenoxy) is 2. The van der Waals surface area contributed by atoms with Gasteiger partial charge < -0.3 is 24.7 Å². The molecule has 0 aliphatic carbocycles. The van der Waals surface area contributed by atoms with Crippen molar-refractivity contribution < 1.29 is 24.2 Å². The van der Waals surface area contributed by atoms with Gasteiger partial charge in [-0.05, 0) is 29.8 Å². The van der Waals surface area contributed by atoms with Crippen LogP contribution in [-0.2, 0) is 4.79 Å². The summed E-state index contributed by atoms with van der Waals surface area (Å²) < 4.78 is 11.1. The number of carbonyl (C=O) groups is 2. The molecule has 1 aliphatic rings. The molecule has 0 bridgehead atoms. The smallest absolute Gasteiger partial charge is 0.269 e. The SMILES string of the molecule is O=C([O-])c1ccc(NC(=O)C2COc3ccccc3O2)cc1. The van der Waals surface area contributed by atoms with E-state index in [0.717, 1.165) is 0 Å². The molecule has 112 valence electrons. The second-order valence-electron chi connectivity index (χ2n) is 4.72. The summed E-state index contributed by atoms with van der Waals surface area (Å²) in [6.45, 7) is 0.111. The minimum atomic E-state index is -1.27. The van der Waals surface area contributed by atoms with Crippen molar-refractivity contribution in [2.45, 2.75) is 6.10 Å². The third-order valence-electron chi connectivity index (χ3n) is 3.19. The van der Waals surface area contributed by atoms with Crippen LogP contribution < -0.4 is 19.9 Å². The molecular formula is C16H12NO5-. The van der Waals surface area contributed by atoms with Crippen molar-refractivity contribution in [1.82, 2.24) is 0 Å². The molecule has 1 aliphatic heterocycles. The maximum atomic E-state index is 12.2. The second-order valence-corrected chi connectivity index (χ2v) is 4.72. The molecule has 1 unspecified atom stereocenters. The van der Waals surface area contributed by atoms with Crippen LogP contribution in [0.4, 0.5) is 5.69 Å². The highest BCUT2D eigenvalue weighted by atomic mass is 16.6. The lowest BCUT2D eigenvalue weighted by Crippen LogP contribution is -2.40. The predicted molar refractivity (Wildman–Crippen MR) is 75.8 cm³/mol. The predicted octanol–water partition coefficient (Wildman–Crippen LogP) is 0.829. The van der Waals surface area contributed by atoms with E-state index < -0.39 is 12.1 Å². The van der Waals surface area contributed by atoms with Gasteiger partial charge in [-0.25, -0.2) is 0 Å². The average molecular weight is 298 g/mol. The number of fused-ring (bicyclic) bond motifs is 1. The minimum Gasteiger partial charge on any atom is -0.545 e. The number of para-hydroxylation sites is 2. The standard InChI is InChI=1S/C16H13NO5/c18-15(17-11-7-5-10(6-8-11)16(19)20)14-9-21-12-3-1-2-4-13(12)22-14/h1-8,14H,9H2,(H,17,18)(H,19,20)/p-1. The van der Waals surface area contributed by atoms with Crippen molar-refractivity contribution in [1.29, 1.82) is 0 Å². The fourth-order valence-corrected chi connectivity index (χ4v) is 2.06. The molecule has 1 heterocycles. The summed E-state index contributed by atoms with van der Waals surface area (Å²) in [6, 6.07) is 12.8. The Bertz CT molecular complexity index is 711. The number of carboxylic acid groups (broad SMARTS) is 1. The number of aromatic carboxylic acids is 1. The van der Waals surface area contributed by atoms with E-state index in [4.69, 9.17) is 9.47 Å². The van der Waals surface area contributed by atoms with E-state index in [1.54, 1.807) is 18.2 Å². The Morgan fingerprint density at radius 3 is 2.41 bits per heavy atom. The normalized spacial score (nSPS) is 15.9. The maximum Gasteiger partial charge on any atom is 0.269 e. The molecule has 2 aromatic carbocycles.